The van der Waals surface area contributed by atoms with Crippen molar-refractivity contribution in [3.8, 4) is 0 Å². The summed E-state index contributed by atoms with van der Waals surface area (Å²) in [7, 11) is 0. The minimum Gasteiger partial charge on any atom is -0.153 e. The average molecular weight is 99.2 g/mol. The van der Waals surface area contributed by atoms with Crippen LogP contribution in [0.4, 0.5) is 0 Å². The zero-order valence-electron chi connectivity index (χ0n) is 3.61. The van der Waals surface area contributed by atoms with Gasteiger partial charge < -0.3 is 0 Å². The maximum Gasteiger partial charge on any atom is 0.0312 e. The first-order chi connectivity index (χ1) is 2.95. The smallest absolute Gasteiger partial charge is 0.0312 e. The lowest BCUT2D eigenvalue weighted by Gasteiger charge is -2.18. The zero-order chi connectivity index (χ0) is 3.98. The van der Waals surface area contributed by atoms with Gasteiger partial charge in [-0.1, -0.05) is 0 Å². The van der Waals surface area contributed by atoms with E-state index in [0.717, 1.165) is 5.92 Å². The molecule has 0 nitrogen and oxygen atoms in total. The second kappa shape index (κ2) is 0.945. The van der Waals surface area contributed by atoms with Crippen molar-refractivity contribution in [3.05, 3.63) is 5.25 Å². The molecule has 2 aliphatic heterocycles. The molecule has 2 heterocycles. The maximum atomic E-state index is 2.09. The molecule has 0 aromatic heterocycles. The Morgan fingerprint density at radius 3 is 2.50 bits per heavy atom. The van der Waals surface area contributed by atoms with Crippen molar-refractivity contribution in [2.24, 2.45) is 5.92 Å². The van der Waals surface area contributed by atoms with E-state index in [1.54, 1.807) is 5.25 Å². The summed E-state index contributed by atoms with van der Waals surface area (Å²) in [6.45, 7) is 0. The number of rotatable bonds is 0. The molecule has 0 N–H and O–H groups in total. The lowest BCUT2D eigenvalue weighted by molar-refractivity contribution is 0.471. The standard InChI is InChI=1S/C5H7S/c1-4-2-5(1)6-3-4/h4H,1-3H2. The van der Waals surface area contributed by atoms with Gasteiger partial charge in [-0.05, 0) is 24.5 Å². The van der Waals surface area contributed by atoms with Gasteiger partial charge in [0.15, 0.2) is 0 Å². The van der Waals surface area contributed by atoms with E-state index >= 15 is 0 Å². The van der Waals surface area contributed by atoms with Crippen molar-refractivity contribution in [1.82, 2.24) is 0 Å². The molecule has 3 fully saturated rings. The van der Waals surface area contributed by atoms with Gasteiger partial charge in [0.1, 0.15) is 0 Å². The van der Waals surface area contributed by atoms with E-state index in [2.05, 4.69) is 11.8 Å². The highest BCUT2D eigenvalue weighted by Crippen LogP contribution is 2.53. The molecule has 2 saturated heterocycles. The van der Waals surface area contributed by atoms with Crippen molar-refractivity contribution in [3.63, 3.8) is 0 Å². The lowest BCUT2D eigenvalue weighted by Crippen LogP contribution is -2.08. The van der Waals surface area contributed by atoms with Gasteiger partial charge in [-0.15, -0.1) is 0 Å². The van der Waals surface area contributed by atoms with Crippen LogP contribution in [0, 0.1) is 11.2 Å². The van der Waals surface area contributed by atoms with Crippen molar-refractivity contribution in [1.29, 1.82) is 0 Å². The zero-order valence-corrected chi connectivity index (χ0v) is 4.42. The fraction of sp³-hybridized carbons (Fsp3) is 0.800. The van der Waals surface area contributed by atoms with Gasteiger partial charge in [-0.3, -0.25) is 0 Å². The molecule has 1 radical (unpaired) electrons. The van der Waals surface area contributed by atoms with Gasteiger partial charge in [0.05, 0.1) is 0 Å². The van der Waals surface area contributed by atoms with Gasteiger partial charge in [0, 0.05) is 5.25 Å². The molecule has 0 aromatic rings. The predicted octanol–water partition coefficient (Wildman–Crippen LogP) is 1.68. The molecule has 1 saturated carbocycles. The van der Waals surface area contributed by atoms with Crippen LogP contribution in [0.2, 0.25) is 0 Å². The van der Waals surface area contributed by atoms with Crippen LogP contribution < -0.4 is 0 Å². The number of hydrogen-bond donors (Lipinski definition) is 0. The summed E-state index contributed by atoms with van der Waals surface area (Å²) in [5, 5.41) is 1.76. The Hall–Kier alpha value is 0.350. The monoisotopic (exact) mass is 99.0 g/mol. The summed E-state index contributed by atoms with van der Waals surface area (Å²) in [5.41, 5.74) is 0. The second-order valence-corrected chi connectivity index (χ2v) is 3.32. The summed E-state index contributed by atoms with van der Waals surface area (Å²) in [6.07, 6.45) is 2.93. The molecule has 33 valence electrons. The Labute approximate surface area is 42.3 Å². The lowest BCUT2D eigenvalue weighted by atomic mass is 9.87. The van der Waals surface area contributed by atoms with Gasteiger partial charge >= 0.3 is 0 Å². The third-order valence-electron chi connectivity index (χ3n) is 1.56. The Bertz CT molecular complexity index is 50.8. The average Bonchev–Trinajstić information content (AvgIpc) is 1.72. The third kappa shape index (κ3) is 0.274. The molecule has 0 aromatic carbocycles. The van der Waals surface area contributed by atoms with E-state index in [-0.39, 0.29) is 0 Å². The first-order valence-corrected chi connectivity index (χ1v) is 3.41. The van der Waals surface area contributed by atoms with Crippen molar-refractivity contribution in [2.75, 3.05) is 5.75 Å². The van der Waals surface area contributed by atoms with E-state index in [0.29, 0.717) is 0 Å². The molecule has 0 atom stereocenters. The summed E-state index contributed by atoms with van der Waals surface area (Å²) >= 11 is 2.09. The topological polar surface area (TPSA) is 0 Å². The minimum absolute atomic E-state index is 1.12. The fourth-order valence-corrected chi connectivity index (χ4v) is 2.47. The summed E-state index contributed by atoms with van der Waals surface area (Å²) in [5.74, 6) is 2.56. The minimum atomic E-state index is 1.12. The Balaban J connectivity index is 2.16. The largest absolute Gasteiger partial charge is 0.153 e. The van der Waals surface area contributed by atoms with Crippen molar-refractivity contribution in [2.45, 2.75) is 12.8 Å². The first kappa shape index (κ1) is 3.36. The fourth-order valence-electron chi connectivity index (χ4n) is 1.06. The van der Waals surface area contributed by atoms with Gasteiger partial charge in [0.2, 0.25) is 0 Å². The molecule has 3 aliphatic rings. The Morgan fingerprint density at radius 2 is 2.33 bits per heavy atom. The first-order valence-electron chi connectivity index (χ1n) is 2.42. The highest BCUT2D eigenvalue weighted by atomic mass is 32.2. The Morgan fingerprint density at radius 1 is 1.50 bits per heavy atom. The second-order valence-electron chi connectivity index (χ2n) is 2.12. The van der Waals surface area contributed by atoms with Crippen LogP contribution in [0.25, 0.3) is 0 Å². The van der Waals surface area contributed by atoms with E-state index in [1.165, 1.54) is 18.6 Å². The molecule has 6 heavy (non-hydrogen) atoms. The van der Waals surface area contributed by atoms with Crippen LogP contribution in [0.15, 0.2) is 0 Å². The molecule has 0 spiro atoms. The number of hydrogen-bond acceptors (Lipinski definition) is 1. The van der Waals surface area contributed by atoms with Crippen molar-refractivity contribution < 1.29 is 0 Å². The molecule has 0 unspecified atom stereocenters. The number of fused-ring (bicyclic) bond motifs is 1. The van der Waals surface area contributed by atoms with Crippen LogP contribution in [0.3, 0.4) is 0 Å². The van der Waals surface area contributed by atoms with Crippen LogP contribution in [0.1, 0.15) is 12.8 Å². The SMILES string of the molecule is C1S[C]2CC1C2. The van der Waals surface area contributed by atoms with Gasteiger partial charge in [-0.25, -0.2) is 0 Å². The molecule has 3 rings (SSSR count). The van der Waals surface area contributed by atoms with E-state index in [4.69, 9.17) is 0 Å². The van der Waals surface area contributed by atoms with E-state index in [1.807, 2.05) is 0 Å². The molecule has 1 heteroatoms. The van der Waals surface area contributed by atoms with E-state index < -0.39 is 0 Å². The molecule has 1 aliphatic carbocycles. The van der Waals surface area contributed by atoms with Crippen LogP contribution in [-0.2, 0) is 0 Å². The highest BCUT2D eigenvalue weighted by Gasteiger charge is 2.37. The summed E-state index contributed by atoms with van der Waals surface area (Å²) in [6, 6.07) is 0. The van der Waals surface area contributed by atoms with Gasteiger partial charge in [-0.2, -0.15) is 11.8 Å². The maximum absolute atomic E-state index is 2.09. The molecular weight excluding hydrogens is 92.1 g/mol. The third-order valence-corrected chi connectivity index (χ3v) is 2.94. The van der Waals surface area contributed by atoms with Crippen LogP contribution in [0.5, 0.6) is 0 Å². The molecular formula is C5H7S. The quantitative estimate of drug-likeness (QED) is 0.445. The predicted molar refractivity (Wildman–Crippen MR) is 28.4 cm³/mol. The summed E-state index contributed by atoms with van der Waals surface area (Å²) in [4.78, 5) is 0. The van der Waals surface area contributed by atoms with Gasteiger partial charge in [0.25, 0.3) is 0 Å². The molecule has 2 bridgehead atoms. The summed E-state index contributed by atoms with van der Waals surface area (Å²) < 4.78 is 0. The van der Waals surface area contributed by atoms with Crippen LogP contribution >= 0.6 is 11.8 Å². The number of thioether (sulfide) groups is 1. The Kier molecular flexibility index (Phi) is 0.530. The van der Waals surface area contributed by atoms with E-state index in [9.17, 15) is 0 Å². The molecule has 0 amide bonds. The van der Waals surface area contributed by atoms with Crippen LogP contribution in [-0.4, -0.2) is 5.75 Å². The normalized spacial score (nSPS) is 34.0. The van der Waals surface area contributed by atoms with Crippen molar-refractivity contribution >= 4 is 11.8 Å². The highest BCUT2D eigenvalue weighted by molar-refractivity contribution is 8.02.